The van der Waals surface area contributed by atoms with Crippen LogP contribution in [0.5, 0.6) is 0 Å². The molecule has 0 unspecified atom stereocenters. The minimum Gasteiger partial charge on any atom is -0.207 e. The highest BCUT2D eigenvalue weighted by atomic mass is 19.1. The van der Waals surface area contributed by atoms with E-state index in [1.165, 1.54) is 24.3 Å². The van der Waals surface area contributed by atoms with E-state index in [2.05, 4.69) is 0 Å². The maximum atomic E-state index is 14.7. The van der Waals surface area contributed by atoms with Gasteiger partial charge in [-0.05, 0) is 58.1 Å². The van der Waals surface area contributed by atoms with Crippen molar-refractivity contribution in [2.45, 2.75) is 13.3 Å². The molecule has 4 heteroatoms. The highest BCUT2D eigenvalue weighted by Gasteiger charge is 2.13. The summed E-state index contributed by atoms with van der Waals surface area (Å²) in [5, 5.41) is 1.68. The van der Waals surface area contributed by atoms with Crippen molar-refractivity contribution in [2.75, 3.05) is 0 Å². The van der Waals surface area contributed by atoms with E-state index in [1.807, 2.05) is 6.92 Å². The second-order valence-corrected chi connectivity index (χ2v) is 6.26. The molecule has 0 fully saturated rings. The van der Waals surface area contributed by atoms with Crippen molar-refractivity contribution < 1.29 is 17.6 Å². The molecule has 0 atom stereocenters. The Balaban J connectivity index is 2.00. The van der Waals surface area contributed by atoms with E-state index in [0.29, 0.717) is 33.9 Å². The van der Waals surface area contributed by atoms with Crippen LogP contribution in [-0.2, 0) is 6.42 Å². The van der Waals surface area contributed by atoms with Crippen LogP contribution in [0.3, 0.4) is 0 Å². The van der Waals surface area contributed by atoms with Crippen molar-refractivity contribution in [2.24, 2.45) is 0 Å². The molecular formula is C22H14F4. The summed E-state index contributed by atoms with van der Waals surface area (Å²) in [6.07, 6.45) is 0.519. The first-order chi connectivity index (χ1) is 12.5. The summed E-state index contributed by atoms with van der Waals surface area (Å²) in [7, 11) is 0. The Morgan fingerprint density at radius 2 is 1.27 bits per heavy atom. The van der Waals surface area contributed by atoms with Gasteiger partial charge in [0.15, 0.2) is 0 Å². The Morgan fingerprint density at radius 3 is 1.96 bits per heavy atom. The van der Waals surface area contributed by atoms with Crippen molar-refractivity contribution in [1.29, 1.82) is 0 Å². The monoisotopic (exact) mass is 354 g/mol. The minimum atomic E-state index is -0.701. The second kappa shape index (κ2) is 6.13. The van der Waals surface area contributed by atoms with Gasteiger partial charge in [-0.3, -0.25) is 0 Å². The van der Waals surface area contributed by atoms with Gasteiger partial charge in [0, 0.05) is 16.8 Å². The van der Waals surface area contributed by atoms with Gasteiger partial charge in [-0.2, -0.15) is 0 Å². The van der Waals surface area contributed by atoms with E-state index in [4.69, 9.17) is 0 Å². The van der Waals surface area contributed by atoms with Crippen LogP contribution < -0.4 is 0 Å². The predicted molar refractivity (Wildman–Crippen MR) is 96.1 cm³/mol. The number of hydrogen-bond donors (Lipinski definition) is 0. The number of hydrogen-bond acceptors (Lipinski definition) is 0. The van der Waals surface area contributed by atoms with Crippen LogP contribution in [0.1, 0.15) is 12.5 Å². The molecule has 4 rings (SSSR count). The summed E-state index contributed by atoms with van der Waals surface area (Å²) in [6.45, 7) is 1.84. The summed E-state index contributed by atoms with van der Waals surface area (Å²) in [4.78, 5) is 0. The summed E-state index contributed by atoms with van der Waals surface area (Å²) in [6, 6.07) is 12.7. The van der Waals surface area contributed by atoms with E-state index in [-0.39, 0.29) is 10.8 Å². The van der Waals surface area contributed by atoms with E-state index in [0.717, 1.165) is 6.07 Å². The summed E-state index contributed by atoms with van der Waals surface area (Å²) in [5.74, 6) is -2.39. The Bertz CT molecular complexity index is 1140. The average Bonchev–Trinajstić information content (AvgIpc) is 2.62. The third-order valence-electron chi connectivity index (χ3n) is 4.67. The van der Waals surface area contributed by atoms with Crippen LogP contribution in [0, 0.1) is 23.3 Å². The minimum absolute atomic E-state index is 0.235. The van der Waals surface area contributed by atoms with E-state index < -0.39 is 23.3 Å². The number of rotatable bonds is 2. The third-order valence-corrected chi connectivity index (χ3v) is 4.67. The number of fused-ring (bicyclic) bond motifs is 3. The normalized spacial score (nSPS) is 11.4. The van der Waals surface area contributed by atoms with Gasteiger partial charge in [-0.25, -0.2) is 17.6 Å². The quantitative estimate of drug-likeness (QED) is 0.275. The lowest BCUT2D eigenvalue weighted by molar-refractivity contribution is 0.584. The molecule has 0 spiro atoms. The summed E-state index contributed by atoms with van der Waals surface area (Å²) in [5.41, 5.74) is 1.33. The topological polar surface area (TPSA) is 0 Å². The SMILES string of the molecule is CCc1ccc2c(cc(F)c3cc(-c4cc(F)cc(F)c4)ccc32)c1F. The number of benzene rings is 4. The fourth-order valence-corrected chi connectivity index (χ4v) is 3.37. The summed E-state index contributed by atoms with van der Waals surface area (Å²) >= 11 is 0. The number of halogens is 4. The Morgan fingerprint density at radius 1 is 0.615 bits per heavy atom. The Labute approximate surface area is 147 Å². The molecule has 130 valence electrons. The molecule has 0 N–H and O–H groups in total. The van der Waals surface area contributed by atoms with Crippen molar-refractivity contribution in [1.82, 2.24) is 0 Å². The zero-order chi connectivity index (χ0) is 18.4. The third kappa shape index (κ3) is 2.62. The molecule has 26 heavy (non-hydrogen) atoms. The van der Waals surface area contributed by atoms with Crippen LogP contribution in [0.4, 0.5) is 17.6 Å². The first-order valence-corrected chi connectivity index (χ1v) is 8.27. The molecule has 0 nitrogen and oxygen atoms in total. The zero-order valence-electron chi connectivity index (χ0n) is 13.9. The molecule has 0 aliphatic carbocycles. The van der Waals surface area contributed by atoms with Gasteiger partial charge in [-0.1, -0.05) is 31.2 Å². The van der Waals surface area contributed by atoms with Gasteiger partial charge in [-0.15, -0.1) is 0 Å². The van der Waals surface area contributed by atoms with Gasteiger partial charge < -0.3 is 0 Å². The van der Waals surface area contributed by atoms with Crippen molar-refractivity contribution in [3.05, 3.63) is 83.4 Å². The fourth-order valence-electron chi connectivity index (χ4n) is 3.37. The molecule has 4 aromatic rings. The molecule has 0 aliphatic rings. The zero-order valence-corrected chi connectivity index (χ0v) is 13.9. The van der Waals surface area contributed by atoms with Crippen LogP contribution in [0.2, 0.25) is 0 Å². The van der Waals surface area contributed by atoms with Crippen molar-refractivity contribution >= 4 is 21.5 Å². The fraction of sp³-hybridized carbons (Fsp3) is 0.0909. The van der Waals surface area contributed by atoms with Crippen molar-refractivity contribution in [3.63, 3.8) is 0 Å². The molecule has 0 aliphatic heterocycles. The summed E-state index contributed by atoms with van der Waals surface area (Å²) < 4.78 is 56.2. The Hall–Kier alpha value is -2.88. The van der Waals surface area contributed by atoms with Crippen LogP contribution in [-0.4, -0.2) is 0 Å². The van der Waals surface area contributed by atoms with Crippen LogP contribution in [0.25, 0.3) is 32.7 Å². The van der Waals surface area contributed by atoms with Gasteiger partial charge in [0.05, 0.1) is 0 Å². The molecule has 0 radical (unpaired) electrons. The lowest BCUT2D eigenvalue weighted by Gasteiger charge is -2.11. The lowest BCUT2D eigenvalue weighted by atomic mass is 9.95. The second-order valence-electron chi connectivity index (χ2n) is 6.26. The first kappa shape index (κ1) is 16.6. The van der Waals surface area contributed by atoms with E-state index in [9.17, 15) is 17.6 Å². The van der Waals surface area contributed by atoms with Gasteiger partial charge >= 0.3 is 0 Å². The predicted octanol–water partition coefficient (Wildman–Crippen LogP) is 6.78. The standard InChI is InChI=1S/C22H14F4/c1-2-12-3-5-18-17-6-4-13(14-7-15(23)10-16(24)8-14)9-19(17)21(25)11-20(18)22(12)26/h3-11H,2H2,1H3. The van der Waals surface area contributed by atoms with E-state index >= 15 is 0 Å². The molecule has 0 saturated carbocycles. The highest BCUT2D eigenvalue weighted by Crippen LogP contribution is 2.34. The molecule has 0 aromatic heterocycles. The maximum Gasteiger partial charge on any atom is 0.134 e. The molecule has 4 aromatic carbocycles. The molecule has 0 saturated heterocycles. The molecule has 0 bridgehead atoms. The van der Waals surface area contributed by atoms with Gasteiger partial charge in [0.1, 0.15) is 23.3 Å². The Kier molecular flexibility index (Phi) is 3.91. The van der Waals surface area contributed by atoms with Gasteiger partial charge in [0.25, 0.3) is 0 Å². The molecular weight excluding hydrogens is 340 g/mol. The van der Waals surface area contributed by atoms with E-state index in [1.54, 1.807) is 24.3 Å². The maximum absolute atomic E-state index is 14.7. The highest BCUT2D eigenvalue weighted by molar-refractivity contribution is 6.09. The number of aryl methyl sites for hydroxylation is 1. The van der Waals surface area contributed by atoms with Crippen molar-refractivity contribution in [3.8, 4) is 11.1 Å². The molecule has 0 amide bonds. The average molecular weight is 354 g/mol. The smallest absolute Gasteiger partial charge is 0.134 e. The first-order valence-electron chi connectivity index (χ1n) is 8.27. The largest absolute Gasteiger partial charge is 0.207 e. The van der Waals surface area contributed by atoms with Crippen LogP contribution in [0.15, 0.2) is 54.6 Å². The lowest BCUT2D eigenvalue weighted by Crippen LogP contribution is -1.92. The molecule has 0 heterocycles. The van der Waals surface area contributed by atoms with Crippen LogP contribution >= 0.6 is 0 Å². The van der Waals surface area contributed by atoms with Gasteiger partial charge in [0.2, 0.25) is 0 Å².